The summed E-state index contributed by atoms with van der Waals surface area (Å²) in [4.78, 5) is 26.6. The summed E-state index contributed by atoms with van der Waals surface area (Å²) in [6.45, 7) is 5.56. The lowest BCUT2D eigenvalue weighted by Gasteiger charge is -2.31. The number of nitrogens with zero attached hydrogens (tertiary/aromatic N) is 1. The van der Waals surface area contributed by atoms with Gasteiger partial charge in [0.2, 0.25) is 5.91 Å². The van der Waals surface area contributed by atoms with Crippen LogP contribution in [0.25, 0.3) is 0 Å². The zero-order valence-electron chi connectivity index (χ0n) is 17.4. The van der Waals surface area contributed by atoms with Crippen molar-refractivity contribution in [2.45, 2.75) is 33.4 Å². The van der Waals surface area contributed by atoms with Gasteiger partial charge in [-0.2, -0.15) is 0 Å². The number of carbonyl (C=O) groups is 2. The van der Waals surface area contributed by atoms with E-state index in [1.165, 1.54) is 19.1 Å². The van der Waals surface area contributed by atoms with Crippen molar-refractivity contribution in [2.24, 2.45) is 0 Å². The van der Waals surface area contributed by atoms with Crippen molar-refractivity contribution in [3.8, 4) is 0 Å². The molecule has 1 atom stereocenters. The Morgan fingerprint density at radius 2 is 1.73 bits per heavy atom. The minimum atomic E-state index is -0.441. The highest BCUT2D eigenvalue weighted by Gasteiger charge is 2.25. The minimum absolute atomic E-state index is 0.160. The molecule has 0 radical (unpaired) electrons. The van der Waals surface area contributed by atoms with E-state index >= 15 is 0 Å². The lowest BCUT2D eigenvalue weighted by molar-refractivity contribution is -0.114. The lowest BCUT2D eigenvalue weighted by atomic mass is 10.0. The molecule has 0 heterocycles. The maximum absolute atomic E-state index is 13.9. The predicted molar refractivity (Wildman–Crippen MR) is 117 cm³/mol. The van der Waals surface area contributed by atoms with Crippen molar-refractivity contribution in [1.82, 2.24) is 4.90 Å². The number of hydrogen-bond donors (Lipinski definition) is 1. The third-order valence-corrected chi connectivity index (χ3v) is 5.04. The van der Waals surface area contributed by atoms with Gasteiger partial charge in [-0.3, -0.25) is 9.59 Å². The molecule has 3 aromatic rings. The molecule has 0 aliphatic heterocycles. The molecule has 0 aliphatic carbocycles. The van der Waals surface area contributed by atoms with Gasteiger partial charge in [-0.05, 0) is 54.8 Å². The highest BCUT2D eigenvalue weighted by molar-refractivity contribution is 5.96. The van der Waals surface area contributed by atoms with E-state index in [4.69, 9.17) is 0 Å². The molecular weight excluding hydrogens is 379 g/mol. The smallest absolute Gasteiger partial charge is 0.255 e. The van der Waals surface area contributed by atoms with E-state index in [-0.39, 0.29) is 17.9 Å². The van der Waals surface area contributed by atoms with E-state index in [1.807, 2.05) is 55.5 Å². The van der Waals surface area contributed by atoms with Gasteiger partial charge in [0.15, 0.2) is 0 Å². The second-order valence-corrected chi connectivity index (χ2v) is 7.36. The Bertz CT molecular complexity index is 1050. The van der Waals surface area contributed by atoms with Gasteiger partial charge in [-0.1, -0.05) is 48.5 Å². The van der Waals surface area contributed by atoms with Crippen LogP contribution >= 0.6 is 0 Å². The monoisotopic (exact) mass is 404 g/mol. The molecule has 0 bridgehead atoms. The quantitative estimate of drug-likeness (QED) is 0.590. The summed E-state index contributed by atoms with van der Waals surface area (Å²) in [5.41, 5.74) is 3.58. The van der Waals surface area contributed by atoms with Gasteiger partial charge in [0.1, 0.15) is 5.82 Å². The topological polar surface area (TPSA) is 49.4 Å². The van der Waals surface area contributed by atoms with Crippen LogP contribution < -0.4 is 5.32 Å². The van der Waals surface area contributed by atoms with Crippen LogP contribution in [0, 0.1) is 12.7 Å². The fourth-order valence-corrected chi connectivity index (χ4v) is 3.40. The molecule has 1 N–H and O–H groups in total. The molecule has 0 saturated heterocycles. The zero-order chi connectivity index (χ0) is 21.7. The third kappa shape index (κ3) is 5.11. The lowest BCUT2D eigenvalue weighted by Crippen LogP contribution is -2.33. The van der Waals surface area contributed by atoms with E-state index in [1.54, 1.807) is 24.0 Å². The summed E-state index contributed by atoms with van der Waals surface area (Å²) in [5.74, 6) is -0.843. The average Bonchev–Trinajstić information content (AvgIpc) is 2.73. The van der Waals surface area contributed by atoms with E-state index in [9.17, 15) is 14.0 Å². The van der Waals surface area contributed by atoms with Crippen molar-refractivity contribution in [2.75, 3.05) is 5.32 Å². The number of carbonyl (C=O) groups excluding carboxylic acids is 2. The first-order valence-corrected chi connectivity index (χ1v) is 9.83. The maximum atomic E-state index is 13.9. The summed E-state index contributed by atoms with van der Waals surface area (Å²) in [5, 5.41) is 2.77. The molecule has 5 heteroatoms. The molecule has 1 unspecified atom stereocenters. The van der Waals surface area contributed by atoms with E-state index in [2.05, 4.69) is 5.32 Å². The molecule has 154 valence electrons. The van der Waals surface area contributed by atoms with E-state index in [0.717, 1.165) is 16.7 Å². The zero-order valence-corrected chi connectivity index (χ0v) is 17.4. The Hall–Kier alpha value is -3.47. The standard InChI is InChI=1S/C25H25FN2O2/c1-17-12-13-22(26)15-24(17)25(30)28(16-20-8-5-4-6-9-20)18(2)21-10-7-11-23(14-21)27-19(3)29/h4-15,18H,16H2,1-3H3,(H,27,29). The first-order chi connectivity index (χ1) is 14.3. The molecule has 0 fully saturated rings. The molecule has 0 saturated carbocycles. The molecule has 3 aromatic carbocycles. The highest BCUT2D eigenvalue weighted by atomic mass is 19.1. The maximum Gasteiger partial charge on any atom is 0.255 e. The molecule has 2 amide bonds. The van der Waals surface area contributed by atoms with Crippen molar-refractivity contribution in [3.63, 3.8) is 0 Å². The largest absolute Gasteiger partial charge is 0.328 e. The summed E-state index contributed by atoms with van der Waals surface area (Å²) in [6, 6.07) is 21.1. The Balaban J connectivity index is 1.99. The predicted octanol–water partition coefficient (Wildman–Crippen LogP) is 5.50. The van der Waals surface area contributed by atoms with Crippen LogP contribution in [-0.4, -0.2) is 16.7 Å². The summed E-state index contributed by atoms with van der Waals surface area (Å²) in [6.07, 6.45) is 0. The second kappa shape index (κ2) is 9.35. The van der Waals surface area contributed by atoms with Gasteiger partial charge in [-0.15, -0.1) is 0 Å². The van der Waals surface area contributed by atoms with Gasteiger partial charge < -0.3 is 10.2 Å². The second-order valence-electron chi connectivity index (χ2n) is 7.36. The molecule has 0 aromatic heterocycles. The number of benzene rings is 3. The van der Waals surface area contributed by atoms with Crippen molar-refractivity contribution < 1.29 is 14.0 Å². The van der Waals surface area contributed by atoms with Crippen molar-refractivity contribution >= 4 is 17.5 Å². The van der Waals surface area contributed by atoms with Crippen LogP contribution in [0.5, 0.6) is 0 Å². The summed E-state index contributed by atoms with van der Waals surface area (Å²) < 4.78 is 13.9. The number of halogens is 1. The Kier molecular flexibility index (Phi) is 6.62. The van der Waals surface area contributed by atoms with Crippen LogP contribution in [0.4, 0.5) is 10.1 Å². The number of amides is 2. The fourth-order valence-electron chi connectivity index (χ4n) is 3.40. The number of aryl methyl sites for hydroxylation is 1. The van der Waals surface area contributed by atoms with Gasteiger partial charge >= 0.3 is 0 Å². The van der Waals surface area contributed by atoms with Crippen LogP contribution in [0.1, 0.15) is 46.9 Å². The van der Waals surface area contributed by atoms with Crippen molar-refractivity contribution in [1.29, 1.82) is 0 Å². The first kappa shape index (κ1) is 21.2. The van der Waals surface area contributed by atoms with Gasteiger partial charge in [0, 0.05) is 24.7 Å². The summed E-state index contributed by atoms with van der Waals surface area (Å²) >= 11 is 0. The molecule has 0 aliphatic rings. The van der Waals surface area contributed by atoms with Gasteiger partial charge in [0.05, 0.1) is 6.04 Å². The highest BCUT2D eigenvalue weighted by Crippen LogP contribution is 2.27. The number of rotatable bonds is 6. The minimum Gasteiger partial charge on any atom is -0.328 e. The SMILES string of the molecule is CC(=O)Nc1cccc(C(C)N(Cc2ccccc2)C(=O)c2cc(F)ccc2C)c1. The average molecular weight is 404 g/mol. The van der Waals surface area contributed by atoms with Crippen LogP contribution in [0.3, 0.4) is 0 Å². The normalized spacial score (nSPS) is 11.6. The molecular formula is C25H25FN2O2. The molecule has 3 rings (SSSR count). The Labute approximate surface area is 176 Å². The van der Waals surface area contributed by atoms with E-state index < -0.39 is 5.82 Å². The Morgan fingerprint density at radius 1 is 1.00 bits per heavy atom. The number of hydrogen-bond acceptors (Lipinski definition) is 2. The Morgan fingerprint density at radius 3 is 2.43 bits per heavy atom. The third-order valence-electron chi connectivity index (χ3n) is 5.04. The summed E-state index contributed by atoms with van der Waals surface area (Å²) in [7, 11) is 0. The van der Waals surface area contributed by atoms with E-state index in [0.29, 0.717) is 17.8 Å². The fraction of sp³-hybridized carbons (Fsp3) is 0.200. The van der Waals surface area contributed by atoms with Crippen molar-refractivity contribution in [3.05, 3.63) is 101 Å². The van der Waals surface area contributed by atoms with Gasteiger partial charge in [-0.25, -0.2) is 4.39 Å². The van der Waals surface area contributed by atoms with Crippen LogP contribution in [0.2, 0.25) is 0 Å². The first-order valence-electron chi connectivity index (χ1n) is 9.83. The van der Waals surface area contributed by atoms with Gasteiger partial charge in [0.25, 0.3) is 5.91 Å². The number of anilines is 1. The number of nitrogens with one attached hydrogen (secondary N) is 1. The molecule has 30 heavy (non-hydrogen) atoms. The molecule has 0 spiro atoms. The van der Waals surface area contributed by atoms with Crippen LogP contribution in [0.15, 0.2) is 72.8 Å². The van der Waals surface area contributed by atoms with Crippen LogP contribution in [-0.2, 0) is 11.3 Å². The molecule has 4 nitrogen and oxygen atoms in total.